The summed E-state index contributed by atoms with van der Waals surface area (Å²) in [6, 6.07) is 13.6. The topological polar surface area (TPSA) is 92.8 Å². The standard InChI is InChI=1S/C27H28N2O5/c1-17-12-13-22(18(2)14-17)28-24(30)16-34-27(33)23(15-19-8-4-3-5-9-19)29-25(31)20-10-6-7-11-21(20)26(29)32/h3-9,12-14,20-21,23H,10-11,15-16H2,1-2H3,(H,28,30)/t20-,21-,23-/m0/s1. The molecule has 7 heteroatoms. The van der Waals surface area contributed by atoms with E-state index in [0.29, 0.717) is 18.5 Å². The van der Waals surface area contributed by atoms with E-state index < -0.39 is 36.4 Å². The largest absolute Gasteiger partial charge is 0.454 e. The van der Waals surface area contributed by atoms with Crippen molar-refractivity contribution in [2.45, 2.75) is 39.2 Å². The van der Waals surface area contributed by atoms with Crippen molar-refractivity contribution in [3.63, 3.8) is 0 Å². The molecule has 1 heterocycles. The zero-order chi connectivity index (χ0) is 24.2. The average Bonchev–Trinajstić information content (AvgIpc) is 3.08. The third-order valence-electron chi connectivity index (χ3n) is 6.40. The summed E-state index contributed by atoms with van der Waals surface area (Å²) in [6.07, 6.45) is 4.90. The second kappa shape index (κ2) is 10.0. The van der Waals surface area contributed by atoms with Gasteiger partial charge in [-0.05, 0) is 43.9 Å². The van der Waals surface area contributed by atoms with Crippen molar-refractivity contribution >= 4 is 29.4 Å². The minimum Gasteiger partial charge on any atom is -0.454 e. The molecule has 1 aliphatic heterocycles. The number of hydrogen-bond acceptors (Lipinski definition) is 5. The van der Waals surface area contributed by atoms with Crippen molar-refractivity contribution in [1.29, 1.82) is 0 Å². The van der Waals surface area contributed by atoms with Crippen LogP contribution in [0.25, 0.3) is 0 Å². The third-order valence-corrected chi connectivity index (χ3v) is 6.40. The summed E-state index contributed by atoms with van der Waals surface area (Å²) < 4.78 is 5.32. The van der Waals surface area contributed by atoms with Crippen LogP contribution in [-0.4, -0.2) is 41.2 Å². The van der Waals surface area contributed by atoms with Crippen LogP contribution >= 0.6 is 0 Å². The first-order chi connectivity index (χ1) is 16.3. The van der Waals surface area contributed by atoms with Gasteiger partial charge in [-0.25, -0.2) is 4.79 Å². The summed E-state index contributed by atoms with van der Waals surface area (Å²) in [7, 11) is 0. The molecule has 2 aromatic carbocycles. The summed E-state index contributed by atoms with van der Waals surface area (Å²) >= 11 is 0. The molecule has 1 aliphatic carbocycles. The van der Waals surface area contributed by atoms with E-state index in [1.807, 2.05) is 68.5 Å². The van der Waals surface area contributed by atoms with Gasteiger partial charge in [-0.2, -0.15) is 0 Å². The molecule has 3 amide bonds. The lowest BCUT2D eigenvalue weighted by molar-refractivity contribution is -0.159. The first-order valence-electron chi connectivity index (χ1n) is 11.4. The fourth-order valence-electron chi connectivity index (χ4n) is 4.62. The lowest BCUT2D eigenvalue weighted by Crippen LogP contribution is -2.48. The highest BCUT2D eigenvalue weighted by atomic mass is 16.5. The summed E-state index contributed by atoms with van der Waals surface area (Å²) in [6.45, 7) is 3.33. The quantitative estimate of drug-likeness (QED) is 0.389. The maximum absolute atomic E-state index is 13.1. The first kappa shape index (κ1) is 23.4. The Hall–Kier alpha value is -3.74. The number of hydrogen-bond donors (Lipinski definition) is 1. The number of ether oxygens (including phenoxy) is 1. The van der Waals surface area contributed by atoms with Crippen molar-refractivity contribution in [1.82, 2.24) is 4.90 Å². The first-order valence-corrected chi connectivity index (χ1v) is 11.4. The molecule has 0 unspecified atom stereocenters. The molecule has 0 spiro atoms. The second-order valence-corrected chi connectivity index (χ2v) is 8.88. The van der Waals surface area contributed by atoms with Gasteiger partial charge in [0.2, 0.25) is 11.8 Å². The minimum absolute atomic E-state index is 0.128. The van der Waals surface area contributed by atoms with Gasteiger partial charge in [0.1, 0.15) is 6.04 Å². The highest BCUT2D eigenvalue weighted by Gasteiger charge is 2.51. The van der Waals surface area contributed by atoms with Crippen LogP contribution in [0.5, 0.6) is 0 Å². The van der Waals surface area contributed by atoms with E-state index in [9.17, 15) is 19.2 Å². The number of nitrogens with one attached hydrogen (secondary N) is 1. The van der Waals surface area contributed by atoms with Gasteiger partial charge in [0.05, 0.1) is 11.8 Å². The third kappa shape index (κ3) is 4.93. The number of allylic oxidation sites excluding steroid dienone is 2. The molecule has 0 bridgehead atoms. The maximum atomic E-state index is 13.1. The van der Waals surface area contributed by atoms with Crippen molar-refractivity contribution in [3.05, 3.63) is 77.4 Å². The fraction of sp³-hybridized carbons (Fsp3) is 0.333. The number of anilines is 1. The van der Waals surface area contributed by atoms with Crippen LogP contribution in [-0.2, 0) is 30.3 Å². The van der Waals surface area contributed by atoms with Crippen LogP contribution in [0.3, 0.4) is 0 Å². The summed E-state index contributed by atoms with van der Waals surface area (Å²) in [5.74, 6) is -2.86. The van der Waals surface area contributed by atoms with E-state index >= 15 is 0 Å². The Bertz CT molecular complexity index is 1110. The molecule has 1 N–H and O–H groups in total. The summed E-state index contributed by atoms with van der Waals surface area (Å²) in [4.78, 5) is 52.9. The highest BCUT2D eigenvalue weighted by Crippen LogP contribution is 2.36. The number of carbonyl (C=O) groups excluding carboxylic acids is 4. The van der Waals surface area contributed by atoms with E-state index in [2.05, 4.69) is 5.32 Å². The molecule has 0 saturated carbocycles. The maximum Gasteiger partial charge on any atom is 0.330 e. The SMILES string of the molecule is Cc1ccc(NC(=O)COC(=O)[C@H](Cc2ccccc2)N2C(=O)[C@H]3CC=CC[C@@H]3C2=O)c(C)c1. The van der Waals surface area contributed by atoms with Gasteiger partial charge in [0.25, 0.3) is 5.91 Å². The second-order valence-electron chi connectivity index (χ2n) is 8.88. The monoisotopic (exact) mass is 460 g/mol. The normalized spacial score (nSPS) is 20.1. The molecule has 0 aromatic heterocycles. The minimum atomic E-state index is -1.12. The number of fused-ring (bicyclic) bond motifs is 1. The van der Waals surface area contributed by atoms with E-state index in [1.54, 1.807) is 6.07 Å². The zero-order valence-electron chi connectivity index (χ0n) is 19.3. The average molecular weight is 461 g/mol. The molecule has 2 aliphatic rings. The van der Waals surface area contributed by atoms with Crippen molar-refractivity contribution in [2.75, 3.05) is 11.9 Å². The van der Waals surface area contributed by atoms with Gasteiger partial charge in [0, 0.05) is 12.1 Å². The predicted octanol–water partition coefficient (Wildman–Crippen LogP) is 3.35. The van der Waals surface area contributed by atoms with Crippen molar-refractivity contribution in [2.24, 2.45) is 11.8 Å². The molecule has 3 atom stereocenters. The Morgan fingerprint density at radius 3 is 2.26 bits per heavy atom. The molecular weight excluding hydrogens is 432 g/mol. The van der Waals surface area contributed by atoms with E-state index in [1.165, 1.54) is 0 Å². The number of esters is 1. The number of imide groups is 1. The van der Waals surface area contributed by atoms with Crippen LogP contribution in [0, 0.1) is 25.7 Å². The zero-order valence-corrected chi connectivity index (χ0v) is 19.3. The van der Waals surface area contributed by atoms with Gasteiger partial charge in [0.15, 0.2) is 6.61 Å². The van der Waals surface area contributed by atoms with Crippen LogP contribution in [0.15, 0.2) is 60.7 Å². The van der Waals surface area contributed by atoms with Crippen LogP contribution < -0.4 is 5.32 Å². The Labute approximate surface area is 198 Å². The number of amides is 3. The number of likely N-dealkylation sites (tertiary alicyclic amines) is 1. The summed E-state index contributed by atoms with van der Waals surface area (Å²) in [5, 5.41) is 2.74. The predicted molar refractivity (Wildman–Crippen MR) is 127 cm³/mol. The van der Waals surface area contributed by atoms with Crippen molar-refractivity contribution in [3.8, 4) is 0 Å². The fourth-order valence-corrected chi connectivity index (χ4v) is 4.62. The molecule has 2 aromatic rings. The van der Waals surface area contributed by atoms with Gasteiger partial charge in [-0.3, -0.25) is 19.3 Å². The summed E-state index contributed by atoms with van der Waals surface area (Å²) in [5.41, 5.74) is 3.39. The number of nitrogens with zero attached hydrogens (tertiary/aromatic N) is 1. The van der Waals surface area contributed by atoms with E-state index in [-0.39, 0.29) is 18.2 Å². The van der Waals surface area contributed by atoms with Crippen LogP contribution in [0.2, 0.25) is 0 Å². The Morgan fingerprint density at radius 2 is 1.65 bits per heavy atom. The van der Waals surface area contributed by atoms with Crippen molar-refractivity contribution < 1.29 is 23.9 Å². The molecular formula is C27H28N2O5. The smallest absolute Gasteiger partial charge is 0.330 e. The molecule has 7 nitrogen and oxygen atoms in total. The number of carbonyl (C=O) groups is 4. The van der Waals surface area contributed by atoms with Gasteiger partial charge in [-0.15, -0.1) is 0 Å². The highest BCUT2D eigenvalue weighted by molar-refractivity contribution is 6.08. The number of rotatable bonds is 7. The van der Waals surface area contributed by atoms with Crippen LogP contribution in [0.4, 0.5) is 5.69 Å². The number of benzene rings is 2. The Balaban J connectivity index is 1.48. The molecule has 176 valence electrons. The number of aryl methyl sites for hydroxylation is 2. The van der Waals surface area contributed by atoms with Crippen LogP contribution in [0.1, 0.15) is 29.5 Å². The molecule has 1 fully saturated rings. The van der Waals surface area contributed by atoms with E-state index in [0.717, 1.165) is 21.6 Å². The lowest BCUT2D eigenvalue weighted by Gasteiger charge is -2.25. The molecule has 4 rings (SSSR count). The van der Waals surface area contributed by atoms with Gasteiger partial charge < -0.3 is 10.1 Å². The molecule has 1 saturated heterocycles. The van der Waals surface area contributed by atoms with Gasteiger partial charge in [-0.1, -0.05) is 60.2 Å². The lowest BCUT2D eigenvalue weighted by atomic mass is 9.85. The van der Waals surface area contributed by atoms with Gasteiger partial charge >= 0.3 is 5.97 Å². The Kier molecular flexibility index (Phi) is 6.91. The van der Waals surface area contributed by atoms with E-state index in [4.69, 9.17) is 4.74 Å². The Morgan fingerprint density at radius 1 is 1.00 bits per heavy atom. The molecule has 34 heavy (non-hydrogen) atoms. The molecule has 0 radical (unpaired) electrons.